The molecular weight excluding hydrogens is 392 g/mol. The van der Waals surface area contributed by atoms with Crippen molar-refractivity contribution in [1.82, 2.24) is 29.4 Å². The van der Waals surface area contributed by atoms with Gasteiger partial charge in [-0.2, -0.15) is 0 Å². The Morgan fingerprint density at radius 2 is 2.07 bits per heavy atom. The molecule has 0 amide bonds. The fraction of sp³-hybridized carbons (Fsp3) is 0.696. The monoisotopic (exact) mass is 424 g/mol. The van der Waals surface area contributed by atoms with Gasteiger partial charge in [0.25, 0.3) is 0 Å². The second-order valence-corrected chi connectivity index (χ2v) is 11.7. The highest BCUT2D eigenvalue weighted by atomic mass is 32.1. The molecule has 0 spiro atoms. The highest BCUT2D eigenvalue weighted by molar-refractivity contribution is 7.19. The van der Waals surface area contributed by atoms with Gasteiger partial charge in [-0.15, -0.1) is 16.4 Å². The van der Waals surface area contributed by atoms with Crippen LogP contribution in [0.5, 0.6) is 0 Å². The first kappa shape index (κ1) is 19.1. The van der Waals surface area contributed by atoms with E-state index in [-0.39, 0.29) is 0 Å². The third kappa shape index (κ3) is 3.17. The molecule has 3 aliphatic rings. The fourth-order valence-electron chi connectivity index (χ4n) is 5.82. The molecule has 2 saturated heterocycles. The van der Waals surface area contributed by atoms with Crippen LogP contribution in [0.3, 0.4) is 0 Å². The second-order valence-electron chi connectivity index (χ2n) is 10.6. The van der Waals surface area contributed by atoms with Crippen LogP contribution in [0.1, 0.15) is 56.3 Å². The van der Waals surface area contributed by atoms with Gasteiger partial charge in [-0.3, -0.25) is 9.80 Å². The number of nitrogens with zero attached hydrogens (tertiary/aromatic N) is 6. The highest BCUT2D eigenvalue weighted by Gasteiger charge is 2.33. The summed E-state index contributed by atoms with van der Waals surface area (Å²) in [5, 5.41) is 6.09. The Bertz CT molecular complexity index is 1090. The summed E-state index contributed by atoms with van der Waals surface area (Å²) in [5.41, 5.74) is 2.87. The zero-order chi connectivity index (χ0) is 20.5. The smallest absolute Gasteiger partial charge is 0.168 e. The molecule has 2 atom stereocenters. The van der Waals surface area contributed by atoms with E-state index >= 15 is 0 Å². The number of hydrogen-bond acceptors (Lipinski definition) is 6. The first-order valence-corrected chi connectivity index (χ1v) is 12.4. The molecule has 6 rings (SSSR count). The van der Waals surface area contributed by atoms with Gasteiger partial charge in [0.15, 0.2) is 11.5 Å². The van der Waals surface area contributed by atoms with E-state index in [1.165, 1.54) is 54.6 Å². The van der Waals surface area contributed by atoms with Crippen LogP contribution in [0, 0.1) is 11.3 Å². The summed E-state index contributed by atoms with van der Waals surface area (Å²) in [6.45, 7) is 12.7. The first-order chi connectivity index (χ1) is 14.5. The fourth-order valence-corrected chi connectivity index (χ4v) is 7.09. The number of rotatable bonds is 2. The lowest BCUT2D eigenvalue weighted by molar-refractivity contribution is 0.0975. The predicted molar refractivity (Wildman–Crippen MR) is 121 cm³/mol. The van der Waals surface area contributed by atoms with Gasteiger partial charge >= 0.3 is 0 Å². The molecule has 0 N–H and O–H groups in total. The molecule has 2 unspecified atom stereocenters. The van der Waals surface area contributed by atoms with Gasteiger partial charge in [0.1, 0.15) is 11.2 Å². The van der Waals surface area contributed by atoms with Crippen LogP contribution in [0.25, 0.3) is 15.9 Å². The number of fused-ring (bicyclic) bond motifs is 6. The molecule has 0 radical (unpaired) electrons. The van der Waals surface area contributed by atoms with Gasteiger partial charge in [0, 0.05) is 30.6 Å². The van der Waals surface area contributed by atoms with Gasteiger partial charge in [-0.1, -0.05) is 20.8 Å². The Kier molecular flexibility index (Phi) is 4.45. The second kappa shape index (κ2) is 6.97. The quantitative estimate of drug-likeness (QED) is 0.627. The molecule has 30 heavy (non-hydrogen) atoms. The van der Waals surface area contributed by atoms with Gasteiger partial charge in [0.2, 0.25) is 0 Å². The minimum absolute atomic E-state index is 0.363. The maximum atomic E-state index is 5.03. The lowest BCUT2D eigenvalue weighted by Gasteiger charge is -2.36. The maximum Gasteiger partial charge on any atom is 0.168 e. The van der Waals surface area contributed by atoms with Crippen molar-refractivity contribution in [1.29, 1.82) is 0 Å². The number of aromatic nitrogens is 4. The van der Waals surface area contributed by atoms with Crippen molar-refractivity contribution in [3.8, 4) is 0 Å². The number of thiophene rings is 1. The molecule has 1 aliphatic carbocycles. The molecule has 3 aromatic rings. The van der Waals surface area contributed by atoms with E-state index in [1.54, 1.807) is 0 Å². The van der Waals surface area contributed by atoms with E-state index < -0.39 is 0 Å². The number of aryl methyl sites for hydroxylation is 1. The Labute approximate surface area is 182 Å². The van der Waals surface area contributed by atoms with E-state index in [4.69, 9.17) is 15.1 Å². The summed E-state index contributed by atoms with van der Waals surface area (Å²) >= 11 is 1.88. The average Bonchev–Trinajstić information content (AvgIpc) is 3.41. The van der Waals surface area contributed by atoms with E-state index in [0.717, 1.165) is 54.3 Å². The molecule has 5 heterocycles. The molecule has 3 aromatic heterocycles. The molecule has 7 heteroatoms. The number of hydrogen-bond donors (Lipinski definition) is 0. The Balaban J connectivity index is 1.31. The molecule has 0 aromatic carbocycles. The van der Waals surface area contributed by atoms with Crippen LogP contribution >= 0.6 is 11.3 Å². The molecule has 6 nitrogen and oxygen atoms in total. The SMILES string of the molecule is CC(C)(C)C1CCc2c(sc3ncn4nc(CN5CCN6CCCC6C5)nc4c23)C1. The van der Waals surface area contributed by atoms with Crippen LogP contribution in [-0.4, -0.2) is 61.6 Å². The molecule has 2 aliphatic heterocycles. The summed E-state index contributed by atoms with van der Waals surface area (Å²) in [4.78, 5) is 17.7. The minimum atomic E-state index is 0.363. The maximum absolute atomic E-state index is 5.03. The normalized spacial score (nSPS) is 25.8. The summed E-state index contributed by atoms with van der Waals surface area (Å²) < 4.78 is 1.92. The largest absolute Gasteiger partial charge is 0.298 e. The number of piperazine rings is 1. The van der Waals surface area contributed by atoms with Crippen molar-refractivity contribution in [2.45, 2.75) is 65.5 Å². The molecule has 0 bridgehead atoms. The van der Waals surface area contributed by atoms with E-state index in [0.29, 0.717) is 5.41 Å². The van der Waals surface area contributed by atoms with Crippen LogP contribution in [0.4, 0.5) is 0 Å². The van der Waals surface area contributed by atoms with Gasteiger partial charge in [0.05, 0.1) is 11.9 Å². The first-order valence-electron chi connectivity index (χ1n) is 11.6. The Morgan fingerprint density at radius 1 is 1.17 bits per heavy atom. The third-order valence-corrected chi connectivity index (χ3v) is 8.85. The van der Waals surface area contributed by atoms with Crippen LogP contribution in [0.15, 0.2) is 6.33 Å². The van der Waals surface area contributed by atoms with Crippen molar-refractivity contribution < 1.29 is 0 Å². The Hall–Kier alpha value is -1.57. The van der Waals surface area contributed by atoms with Gasteiger partial charge in [-0.05, 0) is 55.5 Å². The lowest BCUT2D eigenvalue weighted by Crippen LogP contribution is -2.49. The van der Waals surface area contributed by atoms with Crippen LogP contribution in [0.2, 0.25) is 0 Å². The Morgan fingerprint density at radius 3 is 2.93 bits per heavy atom. The zero-order valence-electron chi connectivity index (χ0n) is 18.4. The summed E-state index contributed by atoms with van der Waals surface area (Å²) in [5.74, 6) is 1.69. The standard InChI is InChI=1S/C23H32N6S/c1-23(2,3)15-6-7-17-18(11-15)30-22-20(17)21-25-19(26-29(21)14-24-22)13-27-9-10-28-8-4-5-16(28)12-27/h14-16H,4-13H2,1-3H3. The van der Waals surface area contributed by atoms with Crippen molar-refractivity contribution >= 4 is 27.2 Å². The van der Waals surface area contributed by atoms with E-state index in [1.807, 2.05) is 22.2 Å². The molecule has 0 saturated carbocycles. The summed E-state index contributed by atoms with van der Waals surface area (Å²) in [7, 11) is 0. The average molecular weight is 425 g/mol. The predicted octanol–water partition coefficient (Wildman–Crippen LogP) is 3.77. The zero-order valence-corrected chi connectivity index (χ0v) is 19.2. The minimum Gasteiger partial charge on any atom is -0.298 e. The van der Waals surface area contributed by atoms with Crippen molar-refractivity contribution in [3.05, 3.63) is 22.6 Å². The topological polar surface area (TPSA) is 49.6 Å². The molecule has 160 valence electrons. The van der Waals surface area contributed by atoms with Crippen molar-refractivity contribution in [2.24, 2.45) is 11.3 Å². The van der Waals surface area contributed by atoms with Crippen LogP contribution in [-0.2, 0) is 19.4 Å². The van der Waals surface area contributed by atoms with Crippen LogP contribution < -0.4 is 0 Å². The highest BCUT2D eigenvalue weighted by Crippen LogP contribution is 2.43. The van der Waals surface area contributed by atoms with Crippen molar-refractivity contribution in [2.75, 3.05) is 26.2 Å². The molecular formula is C23H32N6S. The third-order valence-electron chi connectivity index (χ3n) is 7.69. The lowest BCUT2D eigenvalue weighted by atomic mass is 9.72. The molecule has 2 fully saturated rings. The summed E-state index contributed by atoms with van der Waals surface area (Å²) in [6.07, 6.45) is 8.15. The van der Waals surface area contributed by atoms with Crippen molar-refractivity contribution in [3.63, 3.8) is 0 Å². The van der Waals surface area contributed by atoms with Gasteiger partial charge < -0.3 is 0 Å². The van der Waals surface area contributed by atoms with Gasteiger partial charge in [-0.25, -0.2) is 14.5 Å². The van der Waals surface area contributed by atoms with E-state index in [9.17, 15) is 0 Å². The van der Waals surface area contributed by atoms with E-state index in [2.05, 4.69) is 30.6 Å². The summed E-state index contributed by atoms with van der Waals surface area (Å²) in [6, 6.07) is 0.740.